The third-order valence-corrected chi connectivity index (χ3v) is 3.79. The van der Waals surface area contributed by atoms with E-state index < -0.39 is 0 Å². The third-order valence-electron chi connectivity index (χ3n) is 3.79. The predicted octanol–water partition coefficient (Wildman–Crippen LogP) is 3.90. The van der Waals surface area contributed by atoms with Gasteiger partial charge in [0.2, 0.25) is 6.79 Å². The van der Waals surface area contributed by atoms with Crippen molar-refractivity contribution in [3.8, 4) is 11.5 Å². The van der Waals surface area contributed by atoms with Gasteiger partial charge in [-0.15, -0.1) is 0 Å². The van der Waals surface area contributed by atoms with Gasteiger partial charge in [0, 0.05) is 0 Å². The normalized spacial score (nSPS) is 15.9. The Morgan fingerprint density at radius 1 is 0.842 bits per heavy atom. The molecule has 1 heterocycles. The van der Waals surface area contributed by atoms with Gasteiger partial charge in [-0.2, -0.15) is 0 Å². The highest BCUT2D eigenvalue weighted by atomic mass is 16.7. The Morgan fingerprint density at radius 2 is 1.74 bits per heavy atom. The fourth-order valence-electron chi connectivity index (χ4n) is 2.76. The van der Waals surface area contributed by atoms with E-state index in [4.69, 9.17) is 9.47 Å². The SMILES string of the molecule is C1=C(c2ccc3c(c2)OCO3)CCc2ccccc21. The molecule has 2 aliphatic rings. The quantitative estimate of drug-likeness (QED) is 0.764. The Bertz CT molecular complexity index is 671. The fraction of sp³-hybridized carbons (Fsp3) is 0.176. The van der Waals surface area contributed by atoms with E-state index in [1.807, 2.05) is 6.07 Å². The second kappa shape index (κ2) is 4.16. The van der Waals surface area contributed by atoms with Crippen LogP contribution in [0.15, 0.2) is 42.5 Å². The first kappa shape index (κ1) is 10.7. The zero-order valence-electron chi connectivity index (χ0n) is 10.6. The van der Waals surface area contributed by atoms with Gasteiger partial charge in [-0.05, 0) is 47.2 Å². The second-order valence-corrected chi connectivity index (χ2v) is 4.94. The summed E-state index contributed by atoms with van der Waals surface area (Å²) in [6.07, 6.45) is 4.48. The number of aryl methyl sites for hydroxylation is 1. The largest absolute Gasteiger partial charge is 0.454 e. The van der Waals surface area contributed by atoms with Gasteiger partial charge < -0.3 is 9.47 Å². The molecule has 0 amide bonds. The Kier molecular flexibility index (Phi) is 2.34. The maximum Gasteiger partial charge on any atom is 0.231 e. The molecule has 0 atom stereocenters. The Morgan fingerprint density at radius 3 is 2.74 bits per heavy atom. The zero-order valence-corrected chi connectivity index (χ0v) is 10.6. The summed E-state index contributed by atoms with van der Waals surface area (Å²) in [5.74, 6) is 1.71. The number of rotatable bonds is 1. The maximum atomic E-state index is 5.45. The highest BCUT2D eigenvalue weighted by Crippen LogP contribution is 2.37. The highest BCUT2D eigenvalue weighted by Gasteiger charge is 2.16. The molecule has 0 radical (unpaired) electrons. The van der Waals surface area contributed by atoms with Gasteiger partial charge >= 0.3 is 0 Å². The van der Waals surface area contributed by atoms with Crippen molar-refractivity contribution >= 4 is 11.6 Å². The second-order valence-electron chi connectivity index (χ2n) is 4.94. The fourth-order valence-corrected chi connectivity index (χ4v) is 2.76. The molecule has 4 rings (SSSR count). The average Bonchev–Trinajstić information content (AvgIpc) is 2.94. The van der Waals surface area contributed by atoms with Crippen LogP contribution in [0.1, 0.15) is 23.1 Å². The van der Waals surface area contributed by atoms with Gasteiger partial charge in [-0.25, -0.2) is 0 Å². The topological polar surface area (TPSA) is 18.5 Å². The molecular formula is C17H14O2. The summed E-state index contributed by atoms with van der Waals surface area (Å²) < 4.78 is 10.8. The average molecular weight is 250 g/mol. The lowest BCUT2D eigenvalue weighted by molar-refractivity contribution is 0.174. The number of benzene rings is 2. The van der Waals surface area contributed by atoms with E-state index in [1.54, 1.807) is 0 Å². The van der Waals surface area contributed by atoms with E-state index >= 15 is 0 Å². The molecule has 0 saturated heterocycles. The molecule has 0 saturated carbocycles. The van der Waals surface area contributed by atoms with Crippen LogP contribution < -0.4 is 9.47 Å². The monoisotopic (exact) mass is 250 g/mol. The van der Waals surface area contributed by atoms with E-state index in [0.29, 0.717) is 6.79 Å². The molecule has 0 aromatic heterocycles. The molecule has 1 aliphatic heterocycles. The molecule has 2 aromatic carbocycles. The lowest BCUT2D eigenvalue weighted by Gasteiger charge is -2.16. The van der Waals surface area contributed by atoms with Crippen LogP contribution in [0.5, 0.6) is 11.5 Å². The molecule has 0 unspecified atom stereocenters. The molecule has 0 spiro atoms. The van der Waals surface area contributed by atoms with Crippen LogP contribution in [0.3, 0.4) is 0 Å². The summed E-state index contributed by atoms with van der Waals surface area (Å²) >= 11 is 0. The molecule has 19 heavy (non-hydrogen) atoms. The van der Waals surface area contributed by atoms with Crippen LogP contribution in [0.4, 0.5) is 0 Å². The molecular weight excluding hydrogens is 236 g/mol. The minimum absolute atomic E-state index is 0.334. The van der Waals surface area contributed by atoms with Gasteiger partial charge in [0.25, 0.3) is 0 Å². The summed E-state index contributed by atoms with van der Waals surface area (Å²) in [5, 5.41) is 0. The Labute approximate surface area is 112 Å². The van der Waals surface area contributed by atoms with Gasteiger partial charge in [0.1, 0.15) is 0 Å². The van der Waals surface area contributed by atoms with Crippen molar-refractivity contribution in [3.63, 3.8) is 0 Å². The standard InChI is InChI=1S/C17H14O2/c1-2-4-13-9-14(6-5-12(13)3-1)15-7-8-16-17(10-15)19-11-18-16/h1-4,7-10H,5-6,11H2. The van der Waals surface area contributed by atoms with Gasteiger partial charge in [-0.1, -0.05) is 36.4 Å². The molecule has 0 fully saturated rings. The maximum absolute atomic E-state index is 5.45. The van der Waals surface area contributed by atoms with Gasteiger partial charge in [0.15, 0.2) is 11.5 Å². The van der Waals surface area contributed by atoms with Crippen LogP contribution in [-0.2, 0) is 6.42 Å². The highest BCUT2D eigenvalue weighted by molar-refractivity contribution is 5.85. The van der Waals surface area contributed by atoms with E-state index in [0.717, 1.165) is 24.3 Å². The summed E-state index contributed by atoms with van der Waals surface area (Å²) in [5.41, 5.74) is 5.38. The lowest BCUT2D eigenvalue weighted by Crippen LogP contribution is -1.98. The Hall–Kier alpha value is -2.22. The first-order chi connectivity index (χ1) is 9.40. The lowest BCUT2D eigenvalue weighted by atomic mass is 9.89. The van der Waals surface area contributed by atoms with Crippen molar-refractivity contribution in [2.75, 3.05) is 6.79 Å². The molecule has 94 valence electrons. The van der Waals surface area contributed by atoms with Crippen molar-refractivity contribution < 1.29 is 9.47 Å². The molecule has 0 bridgehead atoms. The smallest absolute Gasteiger partial charge is 0.231 e. The third kappa shape index (κ3) is 1.80. The number of ether oxygens (including phenoxy) is 2. The van der Waals surface area contributed by atoms with E-state index in [9.17, 15) is 0 Å². The molecule has 2 aromatic rings. The Balaban J connectivity index is 1.76. The molecule has 0 N–H and O–H groups in total. The van der Waals surface area contributed by atoms with Crippen LogP contribution in [0.2, 0.25) is 0 Å². The van der Waals surface area contributed by atoms with E-state index in [-0.39, 0.29) is 0 Å². The first-order valence-electron chi connectivity index (χ1n) is 6.59. The molecule has 1 aliphatic carbocycles. The predicted molar refractivity (Wildman–Crippen MR) is 75.2 cm³/mol. The van der Waals surface area contributed by atoms with Gasteiger partial charge in [-0.3, -0.25) is 0 Å². The zero-order chi connectivity index (χ0) is 12.7. The summed E-state index contributed by atoms with van der Waals surface area (Å²) in [7, 11) is 0. The van der Waals surface area contributed by atoms with Crippen LogP contribution >= 0.6 is 0 Å². The summed E-state index contributed by atoms with van der Waals surface area (Å²) in [4.78, 5) is 0. The number of allylic oxidation sites excluding steroid dienone is 1. The molecule has 2 nitrogen and oxygen atoms in total. The van der Waals surface area contributed by atoms with Crippen molar-refractivity contribution in [2.24, 2.45) is 0 Å². The van der Waals surface area contributed by atoms with Crippen molar-refractivity contribution in [2.45, 2.75) is 12.8 Å². The van der Waals surface area contributed by atoms with E-state index in [1.165, 1.54) is 22.3 Å². The number of fused-ring (bicyclic) bond motifs is 2. The first-order valence-corrected chi connectivity index (χ1v) is 6.59. The number of hydrogen-bond acceptors (Lipinski definition) is 2. The van der Waals surface area contributed by atoms with Crippen molar-refractivity contribution in [1.82, 2.24) is 0 Å². The van der Waals surface area contributed by atoms with Crippen molar-refractivity contribution in [3.05, 3.63) is 59.2 Å². The number of hydrogen-bond donors (Lipinski definition) is 0. The summed E-state index contributed by atoms with van der Waals surface area (Å²) in [6.45, 7) is 0.334. The van der Waals surface area contributed by atoms with Crippen LogP contribution in [0.25, 0.3) is 11.6 Å². The van der Waals surface area contributed by atoms with Crippen LogP contribution in [0, 0.1) is 0 Å². The summed E-state index contributed by atoms with van der Waals surface area (Å²) in [6, 6.07) is 14.8. The van der Waals surface area contributed by atoms with Gasteiger partial charge in [0.05, 0.1) is 0 Å². The minimum atomic E-state index is 0.334. The van der Waals surface area contributed by atoms with E-state index in [2.05, 4.69) is 42.5 Å². The van der Waals surface area contributed by atoms with Crippen LogP contribution in [-0.4, -0.2) is 6.79 Å². The van der Waals surface area contributed by atoms with Crippen molar-refractivity contribution in [1.29, 1.82) is 0 Å². The minimum Gasteiger partial charge on any atom is -0.454 e. The molecule has 2 heteroatoms.